The SMILES string of the molecule is CNC(=O)[C@H]1[C@H]2C(=O)N([C@@H](CO)CC(C)C)C(C(=O)Nc3c(C)cccc3Cl)C23CC(C)[C@]1(C)O3. The van der Waals surface area contributed by atoms with E-state index in [-0.39, 0.29) is 30.3 Å². The molecule has 8 nitrogen and oxygen atoms in total. The Balaban J connectivity index is 1.84. The van der Waals surface area contributed by atoms with Gasteiger partial charge in [-0.2, -0.15) is 0 Å². The number of likely N-dealkylation sites (tertiary alicyclic amines) is 1. The second-order valence-corrected chi connectivity index (χ2v) is 11.4. The lowest BCUT2D eigenvalue weighted by Gasteiger charge is -2.37. The van der Waals surface area contributed by atoms with Crippen LogP contribution in [0.25, 0.3) is 0 Å². The summed E-state index contributed by atoms with van der Waals surface area (Å²) < 4.78 is 6.65. The smallest absolute Gasteiger partial charge is 0.250 e. The maximum atomic E-state index is 14.1. The van der Waals surface area contributed by atoms with Crippen molar-refractivity contribution in [2.75, 3.05) is 19.0 Å². The number of para-hydroxylation sites is 1. The highest BCUT2D eigenvalue weighted by molar-refractivity contribution is 6.34. The third-order valence-corrected chi connectivity index (χ3v) is 8.66. The molecule has 3 aliphatic rings. The molecule has 0 saturated carbocycles. The topological polar surface area (TPSA) is 108 Å². The largest absolute Gasteiger partial charge is 0.394 e. The fourth-order valence-corrected chi connectivity index (χ4v) is 7.00. The number of nitrogens with one attached hydrogen (secondary N) is 2. The van der Waals surface area contributed by atoms with E-state index < -0.39 is 41.0 Å². The molecule has 3 amide bonds. The Morgan fingerprint density at radius 1 is 1.31 bits per heavy atom. The first-order valence-corrected chi connectivity index (χ1v) is 12.7. The summed E-state index contributed by atoms with van der Waals surface area (Å²) >= 11 is 6.40. The number of hydrogen-bond donors (Lipinski definition) is 3. The second-order valence-electron chi connectivity index (χ2n) is 11.0. The molecule has 3 heterocycles. The average Bonchev–Trinajstić information content (AvgIpc) is 3.31. The Morgan fingerprint density at radius 2 is 2.00 bits per heavy atom. The molecule has 1 aromatic rings. The van der Waals surface area contributed by atoms with E-state index in [1.54, 1.807) is 19.2 Å². The molecule has 4 rings (SSSR count). The van der Waals surface area contributed by atoms with Crippen molar-refractivity contribution in [2.24, 2.45) is 23.7 Å². The van der Waals surface area contributed by atoms with E-state index >= 15 is 0 Å². The highest BCUT2D eigenvalue weighted by atomic mass is 35.5. The van der Waals surface area contributed by atoms with Crippen LogP contribution in [0.15, 0.2) is 18.2 Å². The summed E-state index contributed by atoms with van der Waals surface area (Å²) in [4.78, 5) is 42.7. The molecule has 3 fully saturated rings. The number of ether oxygens (including phenoxy) is 1. The number of hydrogen-bond acceptors (Lipinski definition) is 5. The van der Waals surface area contributed by atoms with E-state index in [1.807, 2.05) is 40.7 Å². The molecule has 0 radical (unpaired) electrons. The predicted octanol–water partition coefficient (Wildman–Crippen LogP) is 2.75. The molecule has 3 unspecified atom stereocenters. The molecule has 3 aliphatic heterocycles. The number of halogens is 1. The quantitative estimate of drug-likeness (QED) is 0.528. The zero-order valence-corrected chi connectivity index (χ0v) is 22.0. The first-order valence-electron chi connectivity index (χ1n) is 12.3. The third kappa shape index (κ3) is 3.76. The number of aliphatic hydroxyl groups excluding tert-OH is 1. The molecular formula is C26H36ClN3O5. The summed E-state index contributed by atoms with van der Waals surface area (Å²) in [5.41, 5.74) is -0.785. The van der Waals surface area contributed by atoms with E-state index in [0.717, 1.165) is 5.56 Å². The Hall–Kier alpha value is -2.16. The van der Waals surface area contributed by atoms with Crippen LogP contribution in [0.4, 0.5) is 5.69 Å². The first kappa shape index (κ1) is 25.9. The van der Waals surface area contributed by atoms with Gasteiger partial charge in [-0.3, -0.25) is 14.4 Å². The number of benzene rings is 1. The van der Waals surface area contributed by atoms with Crippen LogP contribution in [0.1, 0.15) is 46.1 Å². The second kappa shape index (κ2) is 9.05. The van der Waals surface area contributed by atoms with Gasteiger partial charge in [-0.15, -0.1) is 0 Å². The minimum absolute atomic E-state index is 0.0520. The molecule has 1 spiro atoms. The van der Waals surface area contributed by atoms with Gasteiger partial charge in [0.25, 0.3) is 0 Å². The van der Waals surface area contributed by atoms with Gasteiger partial charge in [0, 0.05) is 7.05 Å². The average molecular weight is 506 g/mol. The van der Waals surface area contributed by atoms with Crippen LogP contribution in [-0.4, -0.2) is 64.7 Å². The van der Waals surface area contributed by atoms with Crippen LogP contribution < -0.4 is 10.6 Å². The van der Waals surface area contributed by atoms with Gasteiger partial charge in [0.15, 0.2) is 0 Å². The lowest BCUT2D eigenvalue weighted by atomic mass is 9.62. The summed E-state index contributed by atoms with van der Waals surface area (Å²) in [5, 5.41) is 16.4. The van der Waals surface area contributed by atoms with Crippen molar-refractivity contribution in [1.82, 2.24) is 10.2 Å². The Bertz CT molecular complexity index is 1030. The number of anilines is 1. The highest BCUT2D eigenvalue weighted by Crippen LogP contribution is 2.65. The van der Waals surface area contributed by atoms with E-state index in [0.29, 0.717) is 23.6 Å². The number of rotatable bonds is 7. The lowest BCUT2D eigenvalue weighted by Crippen LogP contribution is -2.56. The van der Waals surface area contributed by atoms with E-state index in [9.17, 15) is 19.5 Å². The van der Waals surface area contributed by atoms with Gasteiger partial charge in [0.2, 0.25) is 17.7 Å². The number of carbonyl (C=O) groups excluding carboxylic acids is 3. The fourth-order valence-electron chi connectivity index (χ4n) is 6.73. The minimum Gasteiger partial charge on any atom is -0.394 e. The number of fused-ring (bicyclic) bond motifs is 1. The van der Waals surface area contributed by atoms with Crippen molar-refractivity contribution in [2.45, 2.75) is 70.7 Å². The molecule has 3 saturated heterocycles. The monoisotopic (exact) mass is 505 g/mol. The fraction of sp³-hybridized carbons (Fsp3) is 0.654. The van der Waals surface area contributed by atoms with Crippen LogP contribution in [0.3, 0.4) is 0 Å². The molecule has 7 atom stereocenters. The van der Waals surface area contributed by atoms with Crippen molar-refractivity contribution >= 4 is 35.0 Å². The number of aliphatic hydroxyl groups is 1. The molecule has 0 aromatic heterocycles. The predicted molar refractivity (Wildman–Crippen MR) is 133 cm³/mol. The van der Waals surface area contributed by atoms with Gasteiger partial charge in [-0.25, -0.2) is 0 Å². The van der Waals surface area contributed by atoms with Crippen LogP contribution in [0.5, 0.6) is 0 Å². The normalized spacial score (nSPS) is 34.3. The van der Waals surface area contributed by atoms with Crippen molar-refractivity contribution < 1.29 is 24.2 Å². The van der Waals surface area contributed by atoms with Crippen LogP contribution in [0, 0.1) is 30.6 Å². The van der Waals surface area contributed by atoms with Gasteiger partial charge >= 0.3 is 0 Å². The van der Waals surface area contributed by atoms with Gasteiger partial charge in [-0.1, -0.05) is 44.5 Å². The standard InChI is InChI=1S/C26H36ClN3O5/c1-13(2)10-16(12-31)30-21(23(33)29-20-14(3)8-7-9-17(20)27)26-11-15(4)25(5,35-26)18(22(32)28-6)19(26)24(30)34/h7-9,13,15-16,18-19,21,31H,10-12H2,1-6H3,(H,28,32)(H,29,33)/t15?,16-,18-,19+,21?,25+,26?/m1/s1. The minimum atomic E-state index is -1.17. The van der Waals surface area contributed by atoms with E-state index in [2.05, 4.69) is 10.6 Å². The molecule has 9 heteroatoms. The summed E-state index contributed by atoms with van der Waals surface area (Å²) in [6.45, 7) is 9.43. The van der Waals surface area contributed by atoms with Crippen LogP contribution in [0.2, 0.25) is 5.02 Å². The van der Waals surface area contributed by atoms with Gasteiger partial charge in [0.1, 0.15) is 11.6 Å². The van der Waals surface area contributed by atoms with Crippen molar-refractivity contribution in [3.8, 4) is 0 Å². The van der Waals surface area contributed by atoms with Crippen LogP contribution >= 0.6 is 11.6 Å². The van der Waals surface area contributed by atoms with Gasteiger partial charge in [-0.05, 0) is 50.2 Å². The molecule has 35 heavy (non-hydrogen) atoms. The Labute approximate surface area is 211 Å². The van der Waals surface area contributed by atoms with Crippen molar-refractivity contribution in [1.29, 1.82) is 0 Å². The van der Waals surface area contributed by atoms with Crippen molar-refractivity contribution in [3.05, 3.63) is 28.8 Å². The maximum absolute atomic E-state index is 14.1. The summed E-state index contributed by atoms with van der Waals surface area (Å²) in [7, 11) is 1.55. The van der Waals surface area contributed by atoms with E-state index in [4.69, 9.17) is 16.3 Å². The lowest BCUT2D eigenvalue weighted by molar-refractivity contribution is -0.149. The third-order valence-electron chi connectivity index (χ3n) is 8.35. The van der Waals surface area contributed by atoms with Crippen molar-refractivity contribution in [3.63, 3.8) is 0 Å². The molecule has 2 bridgehead atoms. The highest BCUT2D eigenvalue weighted by Gasteiger charge is 2.80. The summed E-state index contributed by atoms with van der Waals surface area (Å²) in [5.74, 6) is -2.43. The number of carbonyl (C=O) groups is 3. The zero-order chi connectivity index (χ0) is 25.9. The van der Waals surface area contributed by atoms with Gasteiger partial charge in [0.05, 0.1) is 40.8 Å². The van der Waals surface area contributed by atoms with E-state index in [1.165, 1.54) is 4.90 Å². The zero-order valence-electron chi connectivity index (χ0n) is 21.2. The van der Waals surface area contributed by atoms with Gasteiger partial charge < -0.3 is 25.4 Å². The number of amides is 3. The molecule has 192 valence electrons. The van der Waals surface area contributed by atoms with Crippen LogP contribution in [-0.2, 0) is 19.1 Å². The number of nitrogens with zero attached hydrogens (tertiary/aromatic N) is 1. The Kier molecular flexibility index (Phi) is 6.70. The molecule has 3 N–H and O–H groups in total. The molecule has 1 aromatic carbocycles. The summed E-state index contributed by atoms with van der Waals surface area (Å²) in [6, 6.07) is 3.75. The Morgan fingerprint density at radius 3 is 2.57 bits per heavy atom. The first-order chi connectivity index (χ1) is 16.4. The maximum Gasteiger partial charge on any atom is 0.250 e. The summed E-state index contributed by atoms with van der Waals surface area (Å²) in [6.07, 6.45) is 0.973. The molecular weight excluding hydrogens is 470 g/mol. The molecule has 0 aliphatic carbocycles. The number of aryl methyl sites for hydroxylation is 1.